The molecule has 1 spiro atoms. The second kappa shape index (κ2) is 18.9. The molecule has 3 aliphatic heterocycles. The summed E-state index contributed by atoms with van der Waals surface area (Å²) in [6.45, 7) is 4.51. The van der Waals surface area contributed by atoms with Gasteiger partial charge < -0.3 is 18.7 Å². The number of carbonyl (C=O) groups is 2. The summed E-state index contributed by atoms with van der Waals surface area (Å²) in [7, 11) is 0. The summed E-state index contributed by atoms with van der Waals surface area (Å²) in [5.41, 5.74) is -0.180. The van der Waals surface area contributed by atoms with E-state index in [1.807, 2.05) is 60.7 Å². The largest absolute Gasteiger partial charge is 0.459 e. The van der Waals surface area contributed by atoms with E-state index >= 15 is 0 Å². The molecule has 2 atom stereocenters. The van der Waals surface area contributed by atoms with Gasteiger partial charge in [0.1, 0.15) is 6.10 Å². The summed E-state index contributed by atoms with van der Waals surface area (Å²) in [4.78, 5) is 27.2. The highest BCUT2D eigenvalue weighted by atomic mass is 16.7. The van der Waals surface area contributed by atoms with Crippen molar-refractivity contribution in [3.63, 3.8) is 0 Å². The number of hydrogen-bond donors (Lipinski definition) is 0. The first-order valence-corrected chi connectivity index (χ1v) is 19.6. The average molecular weight is 661 g/mol. The maximum atomic E-state index is 14.5. The summed E-state index contributed by atoms with van der Waals surface area (Å²) in [5, 5.41) is 0. The van der Waals surface area contributed by atoms with Crippen LogP contribution in [-0.2, 0) is 29.4 Å². The molecule has 0 aromatic heterocycles. The van der Waals surface area contributed by atoms with E-state index in [0.29, 0.717) is 29.6 Å². The van der Waals surface area contributed by atoms with E-state index in [1.54, 1.807) is 0 Å². The SMILES string of the molecule is CCCCCCCCCCCCCCCC(=O)OCOC(C(=O)OC1CC2CCC(C1)[N+]21CCCC1)(c1ccccc1)c1ccccc1. The smallest absolute Gasteiger partial charge is 0.348 e. The van der Waals surface area contributed by atoms with Gasteiger partial charge in [0, 0.05) is 44.9 Å². The number of nitrogens with zero attached hydrogens (tertiary/aromatic N) is 1. The van der Waals surface area contributed by atoms with Crippen molar-refractivity contribution in [3.05, 3.63) is 71.8 Å². The minimum Gasteiger partial charge on any atom is -0.459 e. The van der Waals surface area contributed by atoms with Gasteiger partial charge in [0.25, 0.3) is 0 Å². The second-order valence-electron chi connectivity index (χ2n) is 14.8. The number of rotatable bonds is 21. The lowest BCUT2D eigenvalue weighted by molar-refractivity contribution is -0.956. The lowest BCUT2D eigenvalue weighted by atomic mass is 9.85. The van der Waals surface area contributed by atoms with Crippen LogP contribution in [0.2, 0.25) is 0 Å². The maximum Gasteiger partial charge on any atom is 0.348 e. The molecule has 2 unspecified atom stereocenters. The highest BCUT2D eigenvalue weighted by Gasteiger charge is 2.57. The van der Waals surface area contributed by atoms with Crippen molar-refractivity contribution in [2.75, 3.05) is 19.9 Å². The molecule has 3 saturated heterocycles. The molecule has 5 rings (SSSR count). The van der Waals surface area contributed by atoms with Crippen molar-refractivity contribution in [1.82, 2.24) is 0 Å². The second-order valence-corrected chi connectivity index (χ2v) is 14.8. The summed E-state index contributed by atoms with van der Waals surface area (Å²) in [5.74, 6) is -0.711. The fraction of sp³-hybridized carbons (Fsp3) is 0.667. The normalized spacial score (nSPS) is 21.4. The third kappa shape index (κ3) is 9.29. The van der Waals surface area contributed by atoms with Crippen molar-refractivity contribution in [2.45, 2.75) is 159 Å². The van der Waals surface area contributed by atoms with Crippen LogP contribution in [-0.4, -0.2) is 54.5 Å². The van der Waals surface area contributed by atoms with E-state index in [0.717, 1.165) is 32.1 Å². The molecule has 0 saturated carbocycles. The summed E-state index contributed by atoms with van der Waals surface area (Å²) < 4.78 is 19.8. The van der Waals surface area contributed by atoms with Crippen molar-refractivity contribution >= 4 is 11.9 Å². The number of esters is 2. The van der Waals surface area contributed by atoms with E-state index in [-0.39, 0.29) is 18.9 Å². The van der Waals surface area contributed by atoms with Gasteiger partial charge in [0.05, 0.1) is 25.2 Å². The van der Waals surface area contributed by atoms with Crippen LogP contribution in [0.1, 0.15) is 146 Å². The molecule has 2 aromatic carbocycles. The molecule has 0 radical (unpaired) electrons. The molecular weight excluding hydrogens is 598 g/mol. The Morgan fingerprint density at radius 1 is 0.688 bits per heavy atom. The molecule has 264 valence electrons. The Bertz CT molecular complexity index is 1170. The van der Waals surface area contributed by atoms with Crippen LogP contribution in [0.4, 0.5) is 0 Å². The van der Waals surface area contributed by atoms with Crippen LogP contribution in [0.25, 0.3) is 0 Å². The fourth-order valence-corrected chi connectivity index (χ4v) is 9.06. The first-order valence-electron chi connectivity index (χ1n) is 19.6. The van der Waals surface area contributed by atoms with Crippen LogP contribution < -0.4 is 0 Å². The number of unbranched alkanes of at least 4 members (excludes halogenated alkanes) is 12. The number of hydrogen-bond acceptors (Lipinski definition) is 5. The van der Waals surface area contributed by atoms with Crippen LogP contribution in [0.15, 0.2) is 60.7 Å². The zero-order valence-electron chi connectivity index (χ0n) is 29.8. The maximum absolute atomic E-state index is 14.5. The fourth-order valence-electron chi connectivity index (χ4n) is 9.06. The first-order chi connectivity index (χ1) is 23.6. The predicted molar refractivity (Wildman–Crippen MR) is 191 cm³/mol. The number of piperidine rings is 1. The first kappa shape index (κ1) is 36.6. The average Bonchev–Trinajstić information content (AvgIpc) is 3.66. The van der Waals surface area contributed by atoms with Crippen molar-refractivity contribution < 1.29 is 28.3 Å². The van der Waals surface area contributed by atoms with Gasteiger partial charge in [-0.15, -0.1) is 0 Å². The van der Waals surface area contributed by atoms with Gasteiger partial charge >= 0.3 is 11.9 Å². The lowest BCUT2D eigenvalue weighted by Gasteiger charge is -2.47. The molecule has 3 fully saturated rings. The van der Waals surface area contributed by atoms with Crippen LogP contribution >= 0.6 is 0 Å². The molecule has 48 heavy (non-hydrogen) atoms. The Balaban J connectivity index is 1.12. The Hall–Kier alpha value is -2.70. The van der Waals surface area contributed by atoms with Gasteiger partial charge in [-0.05, 0) is 17.5 Å². The zero-order chi connectivity index (χ0) is 33.5. The van der Waals surface area contributed by atoms with Gasteiger partial charge in [0.15, 0.2) is 6.79 Å². The van der Waals surface area contributed by atoms with E-state index in [1.165, 1.54) is 107 Å². The minimum atomic E-state index is -1.53. The molecule has 2 bridgehead atoms. The van der Waals surface area contributed by atoms with Crippen LogP contribution in [0, 0.1) is 0 Å². The number of benzene rings is 2. The molecule has 3 heterocycles. The monoisotopic (exact) mass is 660 g/mol. The van der Waals surface area contributed by atoms with E-state index in [2.05, 4.69) is 6.92 Å². The summed E-state index contributed by atoms with van der Waals surface area (Å²) in [6, 6.07) is 20.3. The molecule has 3 aliphatic rings. The predicted octanol–water partition coefficient (Wildman–Crippen LogP) is 9.78. The minimum absolute atomic E-state index is 0.132. The molecule has 0 N–H and O–H groups in total. The van der Waals surface area contributed by atoms with E-state index < -0.39 is 11.6 Å². The van der Waals surface area contributed by atoms with Gasteiger partial charge in [0.2, 0.25) is 5.60 Å². The van der Waals surface area contributed by atoms with Crippen LogP contribution in [0.3, 0.4) is 0 Å². The summed E-state index contributed by atoms with van der Waals surface area (Å²) in [6.07, 6.45) is 23.5. The highest BCUT2D eigenvalue weighted by Crippen LogP contribution is 2.47. The molecule has 6 nitrogen and oxygen atoms in total. The third-order valence-electron chi connectivity index (χ3n) is 11.7. The van der Waals surface area contributed by atoms with Crippen molar-refractivity contribution in [1.29, 1.82) is 0 Å². The Morgan fingerprint density at radius 3 is 1.67 bits per heavy atom. The van der Waals surface area contributed by atoms with E-state index in [4.69, 9.17) is 14.2 Å². The lowest BCUT2D eigenvalue weighted by Crippen LogP contribution is -2.60. The number of carbonyl (C=O) groups excluding carboxylic acids is 2. The number of quaternary nitrogens is 1. The zero-order valence-corrected chi connectivity index (χ0v) is 29.8. The molecule has 6 heteroatoms. The Kier molecular flexibility index (Phi) is 14.4. The quantitative estimate of drug-likeness (QED) is 0.0577. The van der Waals surface area contributed by atoms with Gasteiger partial charge in [-0.3, -0.25) is 4.79 Å². The van der Waals surface area contributed by atoms with Crippen LogP contribution in [0.5, 0.6) is 0 Å². The van der Waals surface area contributed by atoms with Crippen molar-refractivity contribution in [2.24, 2.45) is 0 Å². The topological polar surface area (TPSA) is 61.8 Å². The Labute approximate surface area is 290 Å². The number of ether oxygens (including phenoxy) is 3. The molecule has 2 aromatic rings. The molecule has 0 amide bonds. The summed E-state index contributed by atoms with van der Waals surface area (Å²) >= 11 is 0. The van der Waals surface area contributed by atoms with Crippen molar-refractivity contribution in [3.8, 4) is 0 Å². The molecular formula is C42H62NO5+. The van der Waals surface area contributed by atoms with E-state index in [9.17, 15) is 9.59 Å². The standard InChI is InChI=1S/C42H62NO5/c1-2-3-4-5-6-7-8-9-10-11-12-13-20-27-40(44)46-34-47-42(35-23-16-14-17-24-35,36-25-18-15-19-26-36)41(45)48-39-32-37-28-29-38(33-39)43(37)30-21-22-31-43/h14-19,23-26,37-39H,2-13,20-22,27-34H2,1H3/q+1. The van der Waals surface area contributed by atoms with Gasteiger partial charge in [-0.2, -0.15) is 0 Å². The Morgan fingerprint density at radius 2 is 1.17 bits per heavy atom. The molecule has 0 aliphatic carbocycles. The van der Waals surface area contributed by atoms with Gasteiger partial charge in [-0.1, -0.05) is 145 Å². The van der Waals surface area contributed by atoms with Gasteiger partial charge in [-0.25, -0.2) is 4.79 Å². The highest BCUT2D eigenvalue weighted by molar-refractivity contribution is 5.86. The third-order valence-corrected chi connectivity index (χ3v) is 11.7.